The normalized spacial score (nSPS) is 10.7. The number of thioether (sulfide) groups is 1. The van der Waals surface area contributed by atoms with Crippen LogP contribution in [-0.4, -0.2) is 26.4 Å². The molecule has 0 aliphatic rings. The fourth-order valence-electron chi connectivity index (χ4n) is 2.66. The third-order valence-electron chi connectivity index (χ3n) is 3.99. The fourth-order valence-corrected chi connectivity index (χ4v) is 3.31. The zero-order chi connectivity index (χ0) is 19.2. The Hall–Kier alpha value is -3.32. The first-order valence-electron chi connectivity index (χ1n) is 8.79. The van der Waals surface area contributed by atoms with Gasteiger partial charge in [-0.2, -0.15) is 0 Å². The van der Waals surface area contributed by atoms with Gasteiger partial charge in [0.1, 0.15) is 5.76 Å². The first-order valence-corrected chi connectivity index (χ1v) is 9.78. The summed E-state index contributed by atoms with van der Waals surface area (Å²) >= 11 is 1.30. The van der Waals surface area contributed by atoms with E-state index in [1.165, 1.54) is 11.8 Å². The number of benzene rings is 2. The van der Waals surface area contributed by atoms with E-state index in [4.69, 9.17) is 4.42 Å². The van der Waals surface area contributed by atoms with E-state index in [0.29, 0.717) is 11.7 Å². The standard InChI is InChI=1S/C21H18N4O2S/c26-19(22-14-18-12-7-13-27-18)15-28-21-23-20(16-8-3-1-4-9-16)25(24-21)17-10-5-2-6-11-17/h1-13H,14-15H2,(H,22,26). The topological polar surface area (TPSA) is 73.0 Å². The average molecular weight is 390 g/mol. The summed E-state index contributed by atoms with van der Waals surface area (Å²) < 4.78 is 7.02. The molecule has 7 heteroatoms. The van der Waals surface area contributed by atoms with Gasteiger partial charge in [-0.3, -0.25) is 4.79 Å². The maximum atomic E-state index is 12.1. The Labute approximate surface area is 166 Å². The van der Waals surface area contributed by atoms with Crippen molar-refractivity contribution in [3.05, 3.63) is 84.8 Å². The van der Waals surface area contributed by atoms with E-state index >= 15 is 0 Å². The number of carbonyl (C=O) groups excluding carboxylic acids is 1. The Bertz CT molecular complexity index is 974. The number of hydrogen-bond donors (Lipinski definition) is 1. The summed E-state index contributed by atoms with van der Waals surface area (Å²) in [7, 11) is 0. The molecule has 0 spiro atoms. The number of nitrogens with zero attached hydrogens (tertiary/aromatic N) is 3. The fraction of sp³-hybridized carbons (Fsp3) is 0.0952. The summed E-state index contributed by atoms with van der Waals surface area (Å²) in [4.78, 5) is 16.8. The molecule has 0 radical (unpaired) electrons. The number of hydrogen-bond acceptors (Lipinski definition) is 5. The van der Waals surface area contributed by atoms with Crippen LogP contribution < -0.4 is 5.32 Å². The predicted octanol–water partition coefficient (Wildman–Crippen LogP) is 3.94. The summed E-state index contributed by atoms with van der Waals surface area (Å²) in [5.41, 5.74) is 1.89. The van der Waals surface area contributed by atoms with E-state index in [0.717, 1.165) is 22.8 Å². The SMILES string of the molecule is O=C(CSc1nc(-c2ccccc2)n(-c2ccccc2)n1)NCc1ccco1. The lowest BCUT2D eigenvalue weighted by molar-refractivity contribution is -0.118. The van der Waals surface area contributed by atoms with Crippen molar-refractivity contribution in [3.8, 4) is 17.1 Å². The third-order valence-corrected chi connectivity index (χ3v) is 4.83. The highest BCUT2D eigenvalue weighted by Gasteiger charge is 2.15. The zero-order valence-electron chi connectivity index (χ0n) is 15.0. The molecule has 1 N–H and O–H groups in total. The molecular weight excluding hydrogens is 372 g/mol. The lowest BCUT2D eigenvalue weighted by Crippen LogP contribution is -2.24. The van der Waals surface area contributed by atoms with E-state index in [2.05, 4.69) is 15.4 Å². The Morgan fingerprint density at radius 3 is 2.46 bits per heavy atom. The first kappa shape index (κ1) is 18.1. The van der Waals surface area contributed by atoms with Crippen LogP contribution in [0.4, 0.5) is 0 Å². The molecule has 140 valence electrons. The molecule has 0 saturated heterocycles. The predicted molar refractivity (Wildman–Crippen MR) is 108 cm³/mol. The highest BCUT2D eigenvalue weighted by molar-refractivity contribution is 7.99. The van der Waals surface area contributed by atoms with Crippen LogP contribution in [0.2, 0.25) is 0 Å². The molecule has 0 fully saturated rings. The molecule has 28 heavy (non-hydrogen) atoms. The van der Waals surface area contributed by atoms with Crippen LogP contribution in [0.25, 0.3) is 17.1 Å². The minimum Gasteiger partial charge on any atom is -0.467 e. The molecule has 2 heterocycles. The summed E-state index contributed by atoms with van der Waals surface area (Å²) in [6.45, 7) is 0.369. The number of furan rings is 1. The van der Waals surface area contributed by atoms with Crippen LogP contribution in [0.15, 0.2) is 88.6 Å². The van der Waals surface area contributed by atoms with Crippen LogP contribution in [0.5, 0.6) is 0 Å². The van der Waals surface area contributed by atoms with Gasteiger partial charge < -0.3 is 9.73 Å². The lowest BCUT2D eigenvalue weighted by Gasteiger charge is -2.05. The second-order valence-corrected chi connectivity index (χ2v) is 6.92. The first-order chi connectivity index (χ1) is 13.8. The lowest BCUT2D eigenvalue weighted by atomic mass is 10.2. The number of carbonyl (C=O) groups is 1. The number of aromatic nitrogens is 3. The number of rotatable bonds is 7. The van der Waals surface area contributed by atoms with Crippen molar-refractivity contribution < 1.29 is 9.21 Å². The van der Waals surface area contributed by atoms with E-state index < -0.39 is 0 Å². The Balaban J connectivity index is 1.50. The van der Waals surface area contributed by atoms with Gasteiger partial charge >= 0.3 is 0 Å². The highest BCUT2D eigenvalue weighted by atomic mass is 32.2. The van der Waals surface area contributed by atoms with Gasteiger partial charge in [0.15, 0.2) is 5.82 Å². The minimum atomic E-state index is -0.0984. The molecular formula is C21H18N4O2S. The van der Waals surface area contributed by atoms with Gasteiger partial charge in [0, 0.05) is 5.56 Å². The summed E-state index contributed by atoms with van der Waals surface area (Å²) in [6.07, 6.45) is 1.58. The van der Waals surface area contributed by atoms with Gasteiger partial charge in [-0.15, -0.1) is 5.10 Å². The zero-order valence-corrected chi connectivity index (χ0v) is 15.8. The number of para-hydroxylation sites is 1. The van der Waals surface area contributed by atoms with Crippen molar-refractivity contribution in [2.45, 2.75) is 11.7 Å². The smallest absolute Gasteiger partial charge is 0.230 e. The van der Waals surface area contributed by atoms with Crippen LogP contribution in [-0.2, 0) is 11.3 Å². The molecule has 2 aromatic carbocycles. The van der Waals surface area contributed by atoms with Gasteiger partial charge in [0.25, 0.3) is 0 Å². The van der Waals surface area contributed by atoms with Crippen LogP contribution in [0.1, 0.15) is 5.76 Å². The average Bonchev–Trinajstić information content (AvgIpc) is 3.42. The van der Waals surface area contributed by atoms with Crippen molar-refractivity contribution in [1.82, 2.24) is 20.1 Å². The molecule has 4 aromatic rings. The molecule has 6 nitrogen and oxygen atoms in total. The number of amides is 1. The van der Waals surface area contributed by atoms with Crippen molar-refractivity contribution in [2.24, 2.45) is 0 Å². The second kappa shape index (κ2) is 8.58. The molecule has 0 atom stereocenters. The summed E-state index contributed by atoms with van der Waals surface area (Å²) in [5, 5.41) is 7.98. The molecule has 0 saturated carbocycles. The Kier molecular flexibility index (Phi) is 5.53. The maximum Gasteiger partial charge on any atom is 0.230 e. The number of nitrogens with one attached hydrogen (secondary N) is 1. The van der Waals surface area contributed by atoms with Crippen LogP contribution >= 0.6 is 11.8 Å². The van der Waals surface area contributed by atoms with E-state index in [1.54, 1.807) is 17.0 Å². The van der Waals surface area contributed by atoms with Crippen molar-refractivity contribution in [3.63, 3.8) is 0 Å². The Morgan fingerprint density at radius 2 is 1.75 bits per heavy atom. The monoisotopic (exact) mass is 390 g/mol. The maximum absolute atomic E-state index is 12.1. The highest BCUT2D eigenvalue weighted by Crippen LogP contribution is 2.24. The molecule has 4 rings (SSSR count). The molecule has 0 unspecified atom stereocenters. The van der Waals surface area contributed by atoms with Crippen molar-refractivity contribution in [1.29, 1.82) is 0 Å². The van der Waals surface area contributed by atoms with Crippen LogP contribution in [0.3, 0.4) is 0 Å². The Morgan fingerprint density at radius 1 is 1.00 bits per heavy atom. The summed E-state index contributed by atoms with van der Waals surface area (Å²) in [5.74, 6) is 1.59. The van der Waals surface area contributed by atoms with Gasteiger partial charge in [-0.1, -0.05) is 60.3 Å². The second-order valence-electron chi connectivity index (χ2n) is 5.98. The molecule has 0 aliphatic heterocycles. The largest absolute Gasteiger partial charge is 0.467 e. The molecule has 2 aromatic heterocycles. The van der Waals surface area contributed by atoms with Gasteiger partial charge in [0.2, 0.25) is 11.1 Å². The van der Waals surface area contributed by atoms with Gasteiger partial charge in [-0.25, -0.2) is 9.67 Å². The van der Waals surface area contributed by atoms with Crippen molar-refractivity contribution in [2.75, 3.05) is 5.75 Å². The van der Waals surface area contributed by atoms with Gasteiger partial charge in [-0.05, 0) is 24.3 Å². The van der Waals surface area contributed by atoms with E-state index in [1.807, 2.05) is 66.7 Å². The third kappa shape index (κ3) is 4.32. The van der Waals surface area contributed by atoms with Crippen molar-refractivity contribution >= 4 is 17.7 Å². The molecule has 1 amide bonds. The van der Waals surface area contributed by atoms with E-state index in [9.17, 15) is 4.79 Å². The van der Waals surface area contributed by atoms with E-state index in [-0.39, 0.29) is 11.7 Å². The quantitative estimate of drug-likeness (QED) is 0.484. The molecule has 0 aliphatic carbocycles. The summed E-state index contributed by atoms with van der Waals surface area (Å²) in [6, 6.07) is 23.3. The minimum absolute atomic E-state index is 0.0984. The van der Waals surface area contributed by atoms with Gasteiger partial charge in [0.05, 0.1) is 24.2 Å². The van der Waals surface area contributed by atoms with Crippen LogP contribution in [0, 0.1) is 0 Å². The molecule has 0 bridgehead atoms.